The summed E-state index contributed by atoms with van der Waals surface area (Å²) in [5.41, 5.74) is 5.60. The van der Waals surface area contributed by atoms with Gasteiger partial charge in [-0.3, -0.25) is 10.1 Å². The Balaban J connectivity index is 1.49. The van der Waals surface area contributed by atoms with Gasteiger partial charge in [0.2, 0.25) is 0 Å². The molecule has 0 atom stereocenters. The van der Waals surface area contributed by atoms with Crippen molar-refractivity contribution in [1.29, 1.82) is 0 Å². The summed E-state index contributed by atoms with van der Waals surface area (Å²) >= 11 is 1.71. The molecular weight excluding hydrogens is 461 g/mol. The van der Waals surface area contributed by atoms with Crippen molar-refractivity contribution < 1.29 is 4.39 Å². The van der Waals surface area contributed by atoms with Crippen LogP contribution in [0.2, 0.25) is 0 Å². The summed E-state index contributed by atoms with van der Waals surface area (Å²) in [5, 5.41) is 7.74. The summed E-state index contributed by atoms with van der Waals surface area (Å²) in [7, 11) is 3.98. The zero-order chi connectivity index (χ0) is 24.1. The van der Waals surface area contributed by atoms with Crippen molar-refractivity contribution in [2.45, 2.75) is 13.5 Å². The van der Waals surface area contributed by atoms with Crippen molar-refractivity contribution in [3.05, 3.63) is 71.2 Å². The number of halogens is 1. The molecule has 0 radical (unpaired) electrons. The van der Waals surface area contributed by atoms with Crippen molar-refractivity contribution in [2.24, 2.45) is 0 Å². The van der Waals surface area contributed by atoms with E-state index in [0.29, 0.717) is 33.6 Å². The average Bonchev–Trinajstić information content (AvgIpc) is 3.56. The summed E-state index contributed by atoms with van der Waals surface area (Å²) in [5.74, 6) is 0.104. The van der Waals surface area contributed by atoms with E-state index in [4.69, 9.17) is 0 Å². The number of imidazole rings is 1. The second kappa shape index (κ2) is 8.37. The van der Waals surface area contributed by atoms with Gasteiger partial charge in [-0.15, -0.1) is 11.3 Å². The van der Waals surface area contributed by atoms with Gasteiger partial charge < -0.3 is 9.88 Å². The highest BCUT2D eigenvalue weighted by Gasteiger charge is 2.21. The SMILES string of the molecule is Cc1ccc(-c2ccnc3nc(-c4n[nH]c5ccc(-c6cncc(CN(C)C)c6)c(F)c45)[nH]c23)s1. The first kappa shape index (κ1) is 21.6. The molecule has 0 amide bonds. The lowest BCUT2D eigenvalue weighted by Crippen LogP contribution is -2.10. The quantitative estimate of drug-likeness (QED) is 0.324. The maximum absolute atomic E-state index is 16.0. The minimum atomic E-state index is -0.363. The van der Waals surface area contributed by atoms with E-state index < -0.39 is 0 Å². The molecule has 0 spiro atoms. The molecule has 1 aromatic carbocycles. The van der Waals surface area contributed by atoms with Gasteiger partial charge in [-0.1, -0.05) is 0 Å². The number of aromatic amines is 2. The van der Waals surface area contributed by atoms with E-state index in [0.717, 1.165) is 33.6 Å². The molecule has 6 aromatic rings. The number of hydrogen-bond donors (Lipinski definition) is 2. The highest BCUT2D eigenvalue weighted by atomic mass is 32.1. The zero-order valence-corrected chi connectivity index (χ0v) is 20.2. The molecule has 7 nitrogen and oxygen atoms in total. The predicted octanol–water partition coefficient (Wildman–Crippen LogP) is 5.80. The van der Waals surface area contributed by atoms with Crippen LogP contribution in [0.4, 0.5) is 4.39 Å². The van der Waals surface area contributed by atoms with Gasteiger partial charge in [-0.05, 0) is 63.0 Å². The highest BCUT2D eigenvalue weighted by molar-refractivity contribution is 7.15. The Kier molecular flexibility index (Phi) is 5.16. The van der Waals surface area contributed by atoms with E-state index in [1.54, 1.807) is 36.0 Å². The number of H-pyrrole nitrogens is 2. The molecule has 0 aliphatic carbocycles. The lowest BCUT2D eigenvalue weighted by molar-refractivity contribution is 0.402. The summed E-state index contributed by atoms with van der Waals surface area (Å²) in [6.45, 7) is 2.80. The molecule has 2 N–H and O–H groups in total. The monoisotopic (exact) mass is 483 g/mol. The molecule has 0 saturated carbocycles. The van der Waals surface area contributed by atoms with Gasteiger partial charge in [0.05, 0.1) is 16.4 Å². The predicted molar refractivity (Wildman–Crippen MR) is 138 cm³/mol. The second-order valence-corrected chi connectivity index (χ2v) is 10.1. The first-order chi connectivity index (χ1) is 17.0. The normalized spacial score (nSPS) is 11.8. The molecule has 0 saturated heterocycles. The zero-order valence-electron chi connectivity index (χ0n) is 19.4. The van der Waals surface area contributed by atoms with Crippen LogP contribution in [-0.4, -0.2) is 49.1 Å². The van der Waals surface area contributed by atoms with Crippen LogP contribution in [0.1, 0.15) is 10.4 Å². The third kappa shape index (κ3) is 3.78. The average molecular weight is 484 g/mol. The Morgan fingerprint density at radius 1 is 1.06 bits per heavy atom. The second-order valence-electron chi connectivity index (χ2n) is 8.79. The molecule has 174 valence electrons. The maximum Gasteiger partial charge on any atom is 0.178 e. The van der Waals surface area contributed by atoms with E-state index in [1.165, 1.54) is 4.88 Å². The Hall–Kier alpha value is -3.95. The van der Waals surface area contributed by atoms with E-state index in [9.17, 15) is 0 Å². The summed E-state index contributed by atoms with van der Waals surface area (Å²) in [4.78, 5) is 21.2. The fraction of sp³-hybridized carbons (Fsp3) is 0.154. The molecular formula is C26H22FN7S. The van der Waals surface area contributed by atoms with Gasteiger partial charge in [0.25, 0.3) is 0 Å². The molecule has 0 fully saturated rings. The van der Waals surface area contributed by atoms with Crippen LogP contribution in [0.3, 0.4) is 0 Å². The van der Waals surface area contributed by atoms with Gasteiger partial charge in [-0.2, -0.15) is 5.10 Å². The lowest BCUT2D eigenvalue weighted by atomic mass is 10.0. The van der Waals surface area contributed by atoms with E-state index in [1.807, 2.05) is 32.3 Å². The van der Waals surface area contributed by atoms with E-state index in [-0.39, 0.29) is 5.82 Å². The number of hydrogen-bond acceptors (Lipinski definition) is 6. The molecule has 35 heavy (non-hydrogen) atoms. The first-order valence-corrected chi connectivity index (χ1v) is 12.0. The third-order valence-corrected chi connectivity index (χ3v) is 6.93. The molecule has 0 bridgehead atoms. The number of aryl methyl sites for hydroxylation is 1. The topological polar surface area (TPSA) is 86.4 Å². The Morgan fingerprint density at radius 2 is 1.94 bits per heavy atom. The fourth-order valence-electron chi connectivity index (χ4n) is 4.36. The van der Waals surface area contributed by atoms with Gasteiger partial charge in [0.1, 0.15) is 11.5 Å². The number of benzene rings is 1. The number of fused-ring (bicyclic) bond motifs is 2. The third-order valence-electron chi connectivity index (χ3n) is 5.89. The fourth-order valence-corrected chi connectivity index (χ4v) is 5.26. The summed E-state index contributed by atoms with van der Waals surface area (Å²) in [6.07, 6.45) is 5.23. The number of nitrogens with one attached hydrogen (secondary N) is 2. The van der Waals surface area contributed by atoms with Crippen LogP contribution < -0.4 is 0 Å². The van der Waals surface area contributed by atoms with Gasteiger partial charge >= 0.3 is 0 Å². The van der Waals surface area contributed by atoms with Crippen molar-refractivity contribution in [1.82, 2.24) is 35.0 Å². The number of pyridine rings is 2. The highest BCUT2D eigenvalue weighted by Crippen LogP contribution is 2.36. The lowest BCUT2D eigenvalue weighted by Gasteiger charge is -2.11. The molecule has 5 heterocycles. The Morgan fingerprint density at radius 3 is 2.74 bits per heavy atom. The van der Waals surface area contributed by atoms with Gasteiger partial charge in [0.15, 0.2) is 11.5 Å². The molecule has 5 aromatic heterocycles. The van der Waals surface area contributed by atoms with Crippen LogP contribution in [0.5, 0.6) is 0 Å². The summed E-state index contributed by atoms with van der Waals surface area (Å²) < 4.78 is 16.0. The molecule has 6 rings (SSSR count). The smallest absolute Gasteiger partial charge is 0.178 e. The van der Waals surface area contributed by atoms with Crippen LogP contribution in [0.25, 0.3) is 55.2 Å². The molecule has 0 aliphatic heterocycles. The van der Waals surface area contributed by atoms with Crippen molar-refractivity contribution in [3.8, 4) is 33.1 Å². The first-order valence-electron chi connectivity index (χ1n) is 11.2. The number of nitrogens with zero attached hydrogens (tertiary/aromatic N) is 5. The van der Waals surface area contributed by atoms with Crippen molar-refractivity contribution >= 4 is 33.4 Å². The Bertz CT molecular complexity index is 1700. The van der Waals surface area contributed by atoms with Crippen LogP contribution in [0, 0.1) is 12.7 Å². The molecule has 0 unspecified atom stereocenters. The van der Waals surface area contributed by atoms with Crippen molar-refractivity contribution in [2.75, 3.05) is 14.1 Å². The molecule has 9 heteroatoms. The largest absolute Gasteiger partial charge is 0.335 e. The number of rotatable bonds is 5. The number of thiophene rings is 1. The number of aromatic nitrogens is 6. The molecule has 0 aliphatic rings. The van der Waals surface area contributed by atoms with Crippen LogP contribution in [-0.2, 0) is 6.54 Å². The standard InChI is InChI=1S/C26H22FN7S/c1-14-4-7-20(35-14)18-8-9-29-25-23(18)30-26(31-25)24-21-19(32-33-24)6-5-17(22(21)27)16-10-15(11-28-12-16)13-34(2)3/h4-12H,13H2,1-3H3,(H,32,33)(H,29,30,31). The van der Waals surface area contributed by atoms with Crippen molar-refractivity contribution in [3.63, 3.8) is 0 Å². The van der Waals surface area contributed by atoms with Crippen LogP contribution >= 0.6 is 11.3 Å². The minimum Gasteiger partial charge on any atom is -0.335 e. The Labute approximate surface area is 204 Å². The van der Waals surface area contributed by atoms with Gasteiger partial charge in [-0.25, -0.2) is 14.4 Å². The van der Waals surface area contributed by atoms with E-state index >= 15 is 4.39 Å². The minimum absolute atomic E-state index is 0.363. The van der Waals surface area contributed by atoms with E-state index in [2.05, 4.69) is 54.1 Å². The summed E-state index contributed by atoms with van der Waals surface area (Å²) in [6, 6.07) is 11.7. The van der Waals surface area contributed by atoms with Gasteiger partial charge in [0, 0.05) is 51.6 Å². The van der Waals surface area contributed by atoms with Crippen LogP contribution in [0.15, 0.2) is 55.0 Å². The maximum atomic E-state index is 16.0.